The van der Waals surface area contributed by atoms with E-state index in [-0.39, 0.29) is 36.7 Å². The van der Waals surface area contributed by atoms with Crippen LogP contribution in [-0.4, -0.2) is 67.8 Å². The Morgan fingerprint density at radius 3 is 2.57 bits per heavy atom. The molecule has 2 aromatic rings. The number of alkyl halides is 2. The molecule has 3 amide bonds. The number of carboxylic acid groups (broad SMARTS) is 1. The third kappa shape index (κ3) is 4.77. The molecule has 2 unspecified atom stereocenters. The van der Waals surface area contributed by atoms with Crippen molar-refractivity contribution in [3.63, 3.8) is 0 Å². The maximum Gasteiger partial charge on any atom is 0.407 e. The van der Waals surface area contributed by atoms with Crippen LogP contribution in [-0.2, 0) is 24.3 Å². The van der Waals surface area contributed by atoms with Gasteiger partial charge in [-0.15, -0.1) is 0 Å². The van der Waals surface area contributed by atoms with E-state index < -0.39 is 24.8 Å². The van der Waals surface area contributed by atoms with Gasteiger partial charge >= 0.3 is 12.7 Å². The van der Waals surface area contributed by atoms with Crippen molar-refractivity contribution in [1.82, 2.24) is 24.9 Å². The predicted molar refractivity (Wildman–Crippen MR) is 119 cm³/mol. The molecule has 2 aliphatic heterocycles. The zero-order valence-electron chi connectivity index (χ0n) is 19.6. The molecule has 0 spiro atoms. The zero-order chi connectivity index (χ0) is 25.4. The average Bonchev–Trinajstić information content (AvgIpc) is 3.13. The van der Waals surface area contributed by atoms with E-state index >= 15 is 0 Å². The minimum Gasteiger partial charge on any atom is -0.465 e. The second kappa shape index (κ2) is 9.51. The second-order valence-corrected chi connectivity index (χ2v) is 8.85. The lowest BCUT2D eigenvalue weighted by Crippen LogP contribution is -2.54. The van der Waals surface area contributed by atoms with Crippen LogP contribution >= 0.6 is 0 Å². The molecular weight excluding hydrogens is 464 g/mol. The van der Waals surface area contributed by atoms with E-state index in [4.69, 9.17) is 0 Å². The molecule has 1 aromatic carbocycles. The summed E-state index contributed by atoms with van der Waals surface area (Å²) in [5, 5.41) is 17.0. The Kier molecular flexibility index (Phi) is 6.64. The van der Waals surface area contributed by atoms with Crippen LogP contribution in [0.3, 0.4) is 0 Å². The summed E-state index contributed by atoms with van der Waals surface area (Å²) in [6.45, 7) is 2.62. The number of rotatable bonds is 6. The van der Waals surface area contributed by atoms with Crippen molar-refractivity contribution in [3.05, 3.63) is 46.8 Å². The van der Waals surface area contributed by atoms with Crippen LogP contribution < -0.4 is 10.1 Å². The van der Waals surface area contributed by atoms with E-state index in [1.165, 1.54) is 24.0 Å². The molecule has 0 aliphatic carbocycles. The van der Waals surface area contributed by atoms with Gasteiger partial charge in [0.25, 0.3) is 5.91 Å². The molecule has 2 N–H and O–H groups in total. The molecular formula is C23H27F2N5O5. The van der Waals surface area contributed by atoms with Crippen molar-refractivity contribution in [2.45, 2.75) is 65.0 Å². The summed E-state index contributed by atoms with van der Waals surface area (Å²) in [4.78, 5) is 40.1. The summed E-state index contributed by atoms with van der Waals surface area (Å²) in [5.41, 5.74) is 2.31. The highest BCUT2D eigenvalue weighted by Gasteiger charge is 2.42. The van der Waals surface area contributed by atoms with E-state index in [2.05, 4.69) is 15.2 Å². The normalized spacial score (nSPS) is 20.3. The monoisotopic (exact) mass is 491 g/mol. The molecule has 0 saturated carbocycles. The molecule has 188 valence electrons. The van der Waals surface area contributed by atoms with Gasteiger partial charge in [-0.05, 0) is 31.5 Å². The maximum absolute atomic E-state index is 13.9. The maximum atomic E-state index is 13.9. The molecule has 0 radical (unpaired) electrons. The first-order valence-corrected chi connectivity index (χ1v) is 11.3. The van der Waals surface area contributed by atoms with Gasteiger partial charge in [-0.2, -0.15) is 13.9 Å². The van der Waals surface area contributed by atoms with Gasteiger partial charge in [0.1, 0.15) is 11.4 Å². The Balaban J connectivity index is 1.69. The van der Waals surface area contributed by atoms with E-state index in [0.717, 1.165) is 0 Å². The van der Waals surface area contributed by atoms with Gasteiger partial charge in [0.15, 0.2) is 0 Å². The smallest absolute Gasteiger partial charge is 0.407 e. The van der Waals surface area contributed by atoms with Crippen LogP contribution in [0, 0.1) is 0 Å². The first-order valence-electron chi connectivity index (χ1n) is 11.3. The van der Waals surface area contributed by atoms with Crippen molar-refractivity contribution in [3.8, 4) is 5.75 Å². The Hall–Kier alpha value is -3.70. The fourth-order valence-corrected chi connectivity index (χ4v) is 4.80. The number of carbonyl (C=O) groups excluding carboxylic acids is 2. The van der Waals surface area contributed by atoms with Gasteiger partial charge in [-0.1, -0.05) is 12.1 Å². The van der Waals surface area contributed by atoms with Gasteiger partial charge in [0, 0.05) is 31.5 Å². The number of aromatic nitrogens is 2. The minimum atomic E-state index is -2.94. The Bertz CT molecular complexity index is 1140. The van der Waals surface area contributed by atoms with Gasteiger partial charge < -0.3 is 25.0 Å². The van der Waals surface area contributed by atoms with Crippen molar-refractivity contribution in [1.29, 1.82) is 0 Å². The van der Waals surface area contributed by atoms with Crippen LogP contribution in [0.4, 0.5) is 13.6 Å². The Morgan fingerprint density at radius 1 is 1.29 bits per heavy atom. The van der Waals surface area contributed by atoms with Gasteiger partial charge in [0.05, 0.1) is 30.9 Å². The summed E-state index contributed by atoms with van der Waals surface area (Å²) >= 11 is 0. The number of halogens is 2. The van der Waals surface area contributed by atoms with Crippen molar-refractivity contribution in [2.75, 3.05) is 6.54 Å². The highest BCUT2D eigenvalue weighted by atomic mass is 19.3. The summed E-state index contributed by atoms with van der Waals surface area (Å²) in [6, 6.07) is 4.87. The molecule has 0 saturated heterocycles. The van der Waals surface area contributed by atoms with Crippen LogP contribution in [0.2, 0.25) is 0 Å². The number of ether oxygens (including phenoxy) is 1. The van der Waals surface area contributed by atoms with Gasteiger partial charge in [-0.25, -0.2) is 4.79 Å². The number of benzene rings is 1. The fourth-order valence-electron chi connectivity index (χ4n) is 4.80. The predicted octanol–water partition coefficient (Wildman–Crippen LogP) is 2.63. The Morgan fingerprint density at radius 2 is 1.97 bits per heavy atom. The molecule has 0 fully saturated rings. The van der Waals surface area contributed by atoms with Crippen LogP contribution in [0.25, 0.3) is 0 Å². The summed E-state index contributed by atoms with van der Waals surface area (Å²) in [7, 11) is 0. The number of hydrogen-bond acceptors (Lipinski definition) is 5. The standard InChI is InChI=1S/C23H27F2N5O5/c1-12-8-19-18(11-28(12)23(33)34)20-21(32)30(16(9-26-14(3)31)10-29(20)27-19)13(2)15-4-6-17(7-5-15)35-22(24)25/h4-7,12-13,16,22H,8-11H2,1-3H3,(H,26,31)(H,33,34)/t12-,13?,16?/m1/s1. The highest BCUT2D eigenvalue weighted by molar-refractivity contribution is 5.96. The van der Waals surface area contributed by atoms with E-state index in [0.29, 0.717) is 35.5 Å². The average molecular weight is 491 g/mol. The molecule has 2 aliphatic rings. The number of amides is 3. The number of nitrogens with zero attached hydrogens (tertiary/aromatic N) is 4. The topological polar surface area (TPSA) is 117 Å². The first-order chi connectivity index (χ1) is 16.6. The van der Waals surface area contributed by atoms with E-state index in [1.807, 2.05) is 6.92 Å². The quantitative estimate of drug-likeness (QED) is 0.642. The first kappa shape index (κ1) is 24.4. The fraction of sp³-hybridized carbons (Fsp3) is 0.478. The molecule has 3 atom stereocenters. The molecule has 3 heterocycles. The zero-order valence-corrected chi connectivity index (χ0v) is 19.6. The summed E-state index contributed by atoms with van der Waals surface area (Å²) in [6.07, 6.45) is -0.668. The van der Waals surface area contributed by atoms with Crippen molar-refractivity contribution in [2.24, 2.45) is 0 Å². The van der Waals surface area contributed by atoms with Gasteiger partial charge in [0.2, 0.25) is 5.91 Å². The van der Waals surface area contributed by atoms with Crippen LogP contribution in [0.5, 0.6) is 5.75 Å². The summed E-state index contributed by atoms with van der Waals surface area (Å²) < 4.78 is 31.1. The number of carbonyl (C=O) groups is 3. The number of nitrogens with one attached hydrogen (secondary N) is 1. The summed E-state index contributed by atoms with van der Waals surface area (Å²) in [5.74, 6) is -0.568. The molecule has 1 aromatic heterocycles. The molecule has 4 rings (SSSR count). The molecule has 35 heavy (non-hydrogen) atoms. The largest absolute Gasteiger partial charge is 0.465 e. The van der Waals surface area contributed by atoms with Crippen LogP contribution in [0.1, 0.15) is 54.1 Å². The lowest BCUT2D eigenvalue weighted by molar-refractivity contribution is -0.119. The molecule has 10 nitrogen and oxygen atoms in total. The number of fused-ring (bicyclic) bond motifs is 3. The Labute approximate surface area is 200 Å². The van der Waals surface area contributed by atoms with E-state index in [1.54, 1.807) is 28.6 Å². The second-order valence-electron chi connectivity index (χ2n) is 8.85. The van der Waals surface area contributed by atoms with E-state index in [9.17, 15) is 28.3 Å². The van der Waals surface area contributed by atoms with Crippen molar-refractivity contribution < 1.29 is 33.0 Å². The third-order valence-corrected chi connectivity index (χ3v) is 6.53. The lowest BCUT2D eigenvalue weighted by atomic mass is 9.97. The lowest BCUT2D eigenvalue weighted by Gasteiger charge is -2.40. The van der Waals surface area contributed by atoms with Gasteiger partial charge in [-0.3, -0.25) is 14.3 Å². The molecule has 12 heteroatoms. The van der Waals surface area contributed by atoms with Crippen LogP contribution in [0.15, 0.2) is 24.3 Å². The van der Waals surface area contributed by atoms with Crippen molar-refractivity contribution >= 4 is 17.9 Å². The number of hydrogen-bond donors (Lipinski definition) is 2. The third-order valence-electron chi connectivity index (χ3n) is 6.53. The highest BCUT2D eigenvalue weighted by Crippen LogP contribution is 2.34. The molecule has 0 bridgehead atoms. The minimum absolute atomic E-state index is 0.00532. The SMILES string of the molecule is CC(=O)NCC1Cn2nc3c(c2C(=O)N1C(C)c1ccc(OC(F)F)cc1)CN(C(=O)O)[C@H](C)C3.